The summed E-state index contributed by atoms with van der Waals surface area (Å²) in [6.45, 7) is 0. The first-order valence-corrected chi connectivity index (χ1v) is 4.74. The number of nitrogens with zero attached hydrogens (tertiary/aromatic N) is 3. The molecule has 0 aliphatic heterocycles. The maximum atomic E-state index is 4.10. The van der Waals surface area contributed by atoms with Crippen LogP contribution < -0.4 is 4.90 Å². The van der Waals surface area contributed by atoms with Gasteiger partial charge in [-0.1, -0.05) is 12.1 Å². The highest BCUT2D eigenvalue weighted by molar-refractivity contribution is 5.34. The van der Waals surface area contributed by atoms with E-state index in [1.54, 1.807) is 18.6 Å². The molecule has 0 aliphatic carbocycles. The van der Waals surface area contributed by atoms with Gasteiger partial charge in [0.25, 0.3) is 0 Å². The molecule has 0 aromatic carbocycles. The predicted molar refractivity (Wildman–Crippen MR) is 62.8 cm³/mol. The minimum atomic E-state index is 0.998. The molecule has 0 amide bonds. The standard InChI is InChI=1S/C7H10N2.C5H5N/c1-9(2)7-5-3-4-6-8-7;1-2-4-6-5-3-1/h3-6H,1-2H3;1-5H. The number of aromatic nitrogens is 2. The van der Waals surface area contributed by atoms with E-state index in [4.69, 9.17) is 0 Å². The summed E-state index contributed by atoms with van der Waals surface area (Å²) in [6.07, 6.45) is 5.29. The van der Waals surface area contributed by atoms with Crippen LogP contribution in [0.2, 0.25) is 0 Å². The van der Waals surface area contributed by atoms with Crippen LogP contribution in [0.5, 0.6) is 0 Å². The van der Waals surface area contributed by atoms with Crippen LogP contribution in [-0.4, -0.2) is 24.1 Å². The van der Waals surface area contributed by atoms with Gasteiger partial charge in [0.2, 0.25) is 0 Å². The largest absolute Gasteiger partial charge is 0.363 e. The molecule has 0 saturated carbocycles. The Morgan fingerprint density at radius 2 is 1.53 bits per heavy atom. The summed E-state index contributed by atoms with van der Waals surface area (Å²) < 4.78 is 0. The average Bonchev–Trinajstić information content (AvgIpc) is 2.33. The van der Waals surface area contributed by atoms with Crippen molar-refractivity contribution in [2.45, 2.75) is 0 Å². The zero-order valence-corrected chi connectivity index (χ0v) is 9.04. The quantitative estimate of drug-likeness (QED) is 0.708. The van der Waals surface area contributed by atoms with Gasteiger partial charge in [-0.3, -0.25) is 4.98 Å². The van der Waals surface area contributed by atoms with E-state index in [9.17, 15) is 0 Å². The minimum absolute atomic E-state index is 0.998. The second kappa shape index (κ2) is 6.54. The molecule has 2 aromatic rings. The van der Waals surface area contributed by atoms with Crippen molar-refractivity contribution in [3.63, 3.8) is 0 Å². The molecule has 15 heavy (non-hydrogen) atoms. The van der Waals surface area contributed by atoms with E-state index in [-0.39, 0.29) is 0 Å². The van der Waals surface area contributed by atoms with Gasteiger partial charge in [-0.25, -0.2) is 4.98 Å². The number of anilines is 1. The van der Waals surface area contributed by atoms with Crippen molar-refractivity contribution in [2.24, 2.45) is 0 Å². The molecule has 3 heteroatoms. The summed E-state index contributed by atoms with van der Waals surface area (Å²) in [7, 11) is 3.95. The van der Waals surface area contributed by atoms with E-state index >= 15 is 0 Å². The van der Waals surface area contributed by atoms with Crippen molar-refractivity contribution in [3.05, 3.63) is 55.0 Å². The maximum Gasteiger partial charge on any atom is 0.127 e. The van der Waals surface area contributed by atoms with Crippen LogP contribution >= 0.6 is 0 Å². The second-order valence-electron chi connectivity index (χ2n) is 3.11. The smallest absolute Gasteiger partial charge is 0.127 e. The summed E-state index contributed by atoms with van der Waals surface area (Å²) in [6, 6.07) is 11.6. The molecule has 0 N–H and O–H groups in total. The molecule has 2 rings (SSSR count). The monoisotopic (exact) mass is 201 g/mol. The second-order valence-corrected chi connectivity index (χ2v) is 3.11. The van der Waals surface area contributed by atoms with Gasteiger partial charge in [-0.05, 0) is 24.3 Å². The van der Waals surface area contributed by atoms with E-state index in [2.05, 4.69) is 9.97 Å². The molecule has 78 valence electrons. The number of pyridine rings is 2. The Bertz CT molecular complexity index is 319. The van der Waals surface area contributed by atoms with E-state index < -0.39 is 0 Å². The summed E-state index contributed by atoms with van der Waals surface area (Å²) >= 11 is 0. The Kier molecular flexibility index (Phi) is 4.87. The van der Waals surface area contributed by atoms with Crippen molar-refractivity contribution in [1.29, 1.82) is 0 Å². The molecule has 2 heterocycles. The maximum absolute atomic E-state index is 4.10. The highest BCUT2D eigenvalue weighted by Crippen LogP contribution is 2.02. The Hall–Kier alpha value is -1.90. The fraction of sp³-hybridized carbons (Fsp3) is 0.167. The Morgan fingerprint density at radius 3 is 1.80 bits per heavy atom. The Labute approximate surface area is 90.4 Å². The third-order valence-corrected chi connectivity index (χ3v) is 1.67. The van der Waals surface area contributed by atoms with Gasteiger partial charge < -0.3 is 4.90 Å². The van der Waals surface area contributed by atoms with Gasteiger partial charge in [0.05, 0.1) is 0 Å². The zero-order valence-electron chi connectivity index (χ0n) is 9.04. The van der Waals surface area contributed by atoms with Gasteiger partial charge in [0, 0.05) is 32.7 Å². The first kappa shape index (κ1) is 11.2. The zero-order chi connectivity index (χ0) is 10.9. The summed E-state index contributed by atoms with van der Waals surface area (Å²) in [4.78, 5) is 9.86. The molecule has 2 aromatic heterocycles. The molecule has 0 saturated heterocycles. The molecule has 0 radical (unpaired) electrons. The number of hydrogen-bond donors (Lipinski definition) is 0. The lowest BCUT2D eigenvalue weighted by Crippen LogP contribution is -2.09. The average molecular weight is 201 g/mol. The van der Waals surface area contributed by atoms with Crippen LogP contribution in [-0.2, 0) is 0 Å². The number of rotatable bonds is 1. The van der Waals surface area contributed by atoms with E-state index in [1.807, 2.05) is 55.4 Å². The predicted octanol–water partition coefficient (Wildman–Crippen LogP) is 2.23. The third kappa shape index (κ3) is 4.76. The van der Waals surface area contributed by atoms with E-state index in [0.717, 1.165) is 5.82 Å². The lowest BCUT2D eigenvalue weighted by molar-refractivity contribution is 1.07. The van der Waals surface area contributed by atoms with Crippen LogP contribution in [0.4, 0.5) is 5.82 Å². The lowest BCUT2D eigenvalue weighted by Gasteiger charge is -2.08. The molecule has 0 bridgehead atoms. The van der Waals surface area contributed by atoms with Crippen LogP contribution in [0.3, 0.4) is 0 Å². The van der Waals surface area contributed by atoms with Gasteiger partial charge >= 0.3 is 0 Å². The van der Waals surface area contributed by atoms with Crippen molar-refractivity contribution in [3.8, 4) is 0 Å². The molecule has 0 fully saturated rings. The minimum Gasteiger partial charge on any atom is -0.363 e. The fourth-order valence-electron chi connectivity index (χ4n) is 0.931. The highest BCUT2D eigenvalue weighted by atomic mass is 15.1. The van der Waals surface area contributed by atoms with E-state index in [0.29, 0.717) is 0 Å². The fourth-order valence-corrected chi connectivity index (χ4v) is 0.931. The van der Waals surface area contributed by atoms with Gasteiger partial charge in [-0.2, -0.15) is 0 Å². The summed E-state index contributed by atoms with van der Waals surface area (Å²) in [5.41, 5.74) is 0. The highest BCUT2D eigenvalue weighted by Gasteiger charge is 1.89. The molecule has 0 aliphatic rings. The van der Waals surface area contributed by atoms with Gasteiger partial charge in [-0.15, -0.1) is 0 Å². The molecular formula is C12H15N3. The van der Waals surface area contributed by atoms with Crippen LogP contribution in [0, 0.1) is 0 Å². The van der Waals surface area contributed by atoms with Crippen LogP contribution in [0.1, 0.15) is 0 Å². The molecule has 0 spiro atoms. The SMILES string of the molecule is CN(C)c1ccccn1.c1ccncc1. The third-order valence-electron chi connectivity index (χ3n) is 1.67. The lowest BCUT2D eigenvalue weighted by atomic mass is 10.4. The topological polar surface area (TPSA) is 29.0 Å². The van der Waals surface area contributed by atoms with E-state index in [1.165, 1.54) is 0 Å². The molecular weight excluding hydrogens is 186 g/mol. The van der Waals surface area contributed by atoms with Gasteiger partial charge in [0.1, 0.15) is 5.82 Å². The Morgan fingerprint density at radius 1 is 0.867 bits per heavy atom. The molecule has 3 nitrogen and oxygen atoms in total. The first-order chi connectivity index (χ1) is 7.30. The van der Waals surface area contributed by atoms with Crippen molar-refractivity contribution >= 4 is 5.82 Å². The van der Waals surface area contributed by atoms with Gasteiger partial charge in [0.15, 0.2) is 0 Å². The molecule has 0 atom stereocenters. The van der Waals surface area contributed by atoms with Crippen molar-refractivity contribution < 1.29 is 0 Å². The Balaban J connectivity index is 0.000000162. The van der Waals surface area contributed by atoms with Crippen molar-refractivity contribution in [1.82, 2.24) is 9.97 Å². The van der Waals surface area contributed by atoms with Crippen molar-refractivity contribution in [2.75, 3.05) is 19.0 Å². The first-order valence-electron chi connectivity index (χ1n) is 4.74. The van der Waals surface area contributed by atoms with Crippen LogP contribution in [0.15, 0.2) is 55.0 Å². The normalized spacial score (nSPS) is 8.67. The van der Waals surface area contributed by atoms with Crippen LogP contribution in [0.25, 0.3) is 0 Å². The summed E-state index contributed by atoms with van der Waals surface area (Å²) in [5, 5.41) is 0. The number of hydrogen-bond acceptors (Lipinski definition) is 3. The molecule has 0 unspecified atom stereocenters. The summed E-state index contributed by atoms with van der Waals surface area (Å²) in [5.74, 6) is 0.998.